The van der Waals surface area contributed by atoms with Crippen LogP contribution in [0.25, 0.3) is 0 Å². The third kappa shape index (κ3) is 4.71. The Balaban J connectivity index is 1.40. The number of benzene rings is 3. The molecule has 4 nitrogen and oxygen atoms in total. The minimum absolute atomic E-state index is 0.107. The number of carbonyl (C=O) groups is 1. The average molecular weight is 408 g/mol. The van der Waals surface area contributed by atoms with Gasteiger partial charge in [-0.2, -0.15) is 0 Å². The highest BCUT2D eigenvalue weighted by Gasteiger charge is 2.31. The van der Waals surface area contributed by atoms with E-state index in [1.807, 2.05) is 54.6 Å². The number of anilines is 1. The molecule has 0 bridgehead atoms. The van der Waals surface area contributed by atoms with Crippen LogP contribution in [0.4, 0.5) is 14.9 Å². The van der Waals surface area contributed by atoms with Gasteiger partial charge in [0.05, 0.1) is 5.69 Å². The normalized spacial score (nSPS) is 15.9. The number of ether oxygens (including phenoxy) is 1. The Bertz CT molecular complexity index is 966. The molecule has 6 heteroatoms. The molecule has 0 saturated carbocycles. The lowest BCUT2D eigenvalue weighted by atomic mass is 10.2. The van der Waals surface area contributed by atoms with Gasteiger partial charge in [0.25, 0.3) is 0 Å². The van der Waals surface area contributed by atoms with Crippen LogP contribution < -0.4 is 10.1 Å². The van der Waals surface area contributed by atoms with Gasteiger partial charge in [-0.25, -0.2) is 9.18 Å². The third-order valence-electron chi connectivity index (χ3n) is 4.68. The van der Waals surface area contributed by atoms with Gasteiger partial charge >= 0.3 is 6.03 Å². The van der Waals surface area contributed by atoms with Crippen LogP contribution in [0.1, 0.15) is 16.5 Å². The molecule has 1 aliphatic heterocycles. The van der Waals surface area contributed by atoms with E-state index in [0.717, 1.165) is 22.6 Å². The summed E-state index contributed by atoms with van der Waals surface area (Å²) in [5, 5.41) is 2.57. The number of halogens is 1. The molecule has 1 aliphatic rings. The van der Waals surface area contributed by atoms with E-state index in [1.165, 1.54) is 6.07 Å². The maximum Gasteiger partial charge on any atom is 0.323 e. The Kier molecular flexibility index (Phi) is 6.00. The Morgan fingerprint density at radius 1 is 1.03 bits per heavy atom. The summed E-state index contributed by atoms with van der Waals surface area (Å²) in [5.74, 6) is 1.17. The van der Waals surface area contributed by atoms with Gasteiger partial charge < -0.3 is 15.0 Å². The van der Waals surface area contributed by atoms with Crippen LogP contribution in [0.3, 0.4) is 0 Å². The molecule has 1 saturated heterocycles. The summed E-state index contributed by atoms with van der Waals surface area (Å²) in [4.78, 5) is 14.4. The van der Waals surface area contributed by atoms with E-state index < -0.39 is 5.82 Å². The molecule has 29 heavy (non-hydrogen) atoms. The molecule has 3 aromatic carbocycles. The minimum atomic E-state index is -0.441. The van der Waals surface area contributed by atoms with Gasteiger partial charge in [0.2, 0.25) is 0 Å². The maximum absolute atomic E-state index is 13.8. The predicted octanol–water partition coefficient (Wildman–Crippen LogP) is 5.68. The van der Waals surface area contributed by atoms with E-state index in [4.69, 9.17) is 4.74 Å². The van der Waals surface area contributed by atoms with Crippen molar-refractivity contribution in [2.45, 2.75) is 12.0 Å². The van der Waals surface area contributed by atoms with Crippen LogP contribution >= 0.6 is 11.8 Å². The van der Waals surface area contributed by atoms with Crippen molar-refractivity contribution in [2.24, 2.45) is 0 Å². The monoisotopic (exact) mass is 408 g/mol. The molecule has 0 unspecified atom stereocenters. The third-order valence-corrected chi connectivity index (χ3v) is 5.94. The number of urea groups is 1. The van der Waals surface area contributed by atoms with Gasteiger partial charge in [-0.15, -0.1) is 11.8 Å². The Labute approximate surface area is 173 Å². The molecule has 1 N–H and O–H groups in total. The van der Waals surface area contributed by atoms with Crippen LogP contribution in [0.15, 0.2) is 78.9 Å². The van der Waals surface area contributed by atoms with Crippen molar-refractivity contribution in [1.82, 2.24) is 4.90 Å². The van der Waals surface area contributed by atoms with Crippen molar-refractivity contribution >= 4 is 23.5 Å². The summed E-state index contributed by atoms with van der Waals surface area (Å²) in [6.07, 6.45) is 0. The summed E-state index contributed by atoms with van der Waals surface area (Å²) in [6.45, 7) is 1.12. The highest BCUT2D eigenvalue weighted by Crippen LogP contribution is 2.38. The van der Waals surface area contributed by atoms with E-state index in [0.29, 0.717) is 13.2 Å². The highest BCUT2D eigenvalue weighted by atomic mass is 32.2. The van der Waals surface area contributed by atoms with E-state index >= 15 is 0 Å². The van der Waals surface area contributed by atoms with Gasteiger partial charge in [0, 0.05) is 12.3 Å². The van der Waals surface area contributed by atoms with Gasteiger partial charge in [0.1, 0.15) is 23.5 Å². The van der Waals surface area contributed by atoms with Crippen LogP contribution in [-0.2, 0) is 6.61 Å². The Morgan fingerprint density at radius 2 is 1.76 bits per heavy atom. The quantitative estimate of drug-likeness (QED) is 0.590. The zero-order chi connectivity index (χ0) is 20.1. The summed E-state index contributed by atoms with van der Waals surface area (Å²) < 4.78 is 19.7. The van der Waals surface area contributed by atoms with Gasteiger partial charge in [-0.1, -0.05) is 54.6 Å². The first-order valence-corrected chi connectivity index (χ1v) is 10.5. The fourth-order valence-corrected chi connectivity index (χ4v) is 4.43. The molecule has 0 radical (unpaired) electrons. The number of rotatable bonds is 5. The van der Waals surface area contributed by atoms with Crippen molar-refractivity contribution < 1.29 is 13.9 Å². The maximum atomic E-state index is 13.8. The molecular weight excluding hydrogens is 387 g/mol. The summed E-state index contributed by atoms with van der Waals surface area (Å²) in [6, 6.07) is 23.7. The molecule has 2 amide bonds. The SMILES string of the molecule is O=C(Nc1ccccc1F)N1CCS[C@@H]1c1ccc(OCc2ccccc2)cc1. The number of para-hydroxylation sites is 1. The average Bonchev–Trinajstić information content (AvgIpc) is 3.25. The number of hydrogen-bond acceptors (Lipinski definition) is 3. The molecule has 1 fully saturated rings. The molecule has 148 valence electrons. The van der Waals surface area contributed by atoms with E-state index in [-0.39, 0.29) is 17.1 Å². The van der Waals surface area contributed by atoms with Crippen molar-refractivity contribution in [3.63, 3.8) is 0 Å². The molecule has 3 aromatic rings. The fraction of sp³-hybridized carbons (Fsp3) is 0.174. The summed E-state index contributed by atoms with van der Waals surface area (Å²) >= 11 is 1.69. The Morgan fingerprint density at radius 3 is 2.52 bits per heavy atom. The van der Waals surface area contributed by atoms with E-state index in [2.05, 4.69) is 5.32 Å². The Hall–Kier alpha value is -2.99. The standard InChI is InChI=1S/C23H21FN2O2S/c24-20-8-4-5-9-21(20)25-23(27)26-14-15-29-22(26)18-10-12-19(13-11-18)28-16-17-6-2-1-3-7-17/h1-13,22H,14-16H2,(H,25,27)/t22-/m1/s1. The number of thioether (sulfide) groups is 1. The number of hydrogen-bond donors (Lipinski definition) is 1. The molecule has 1 atom stereocenters. The van der Waals surface area contributed by atoms with Crippen LogP contribution in [0, 0.1) is 5.82 Å². The first kappa shape index (κ1) is 19.3. The molecule has 4 rings (SSSR count). The molecule has 0 aromatic heterocycles. The minimum Gasteiger partial charge on any atom is -0.489 e. The zero-order valence-electron chi connectivity index (χ0n) is 15.8. The van der Waals surface area contributed by atoms with E-state index in [1.54, 1.807) is 34.9 Å². The highest BCUT2D eigenvalue weighted by molar-refractivity contribution is 7.99. The first-order chi connectivity index (χ1) is 14.2. The lowest BCUT2D eigenvalue weighted by Gasteiger charge is -2.24. The van der Waals surface area contributed by atoms with Crippen molar-refractivity contribution in [1.29, 1.82) is 0 Å². The van der Waals surface area contributed by atoms with Crippen molar-refractivity contribution in [3.8, 4) is 5.75 Å². The first-order valence-electron chi connectivity index (χ1n) is 9.41. The molecule has 0 aliphatic carbocycles. The van der Waals surface area contributed by atoms with Gasteiger partial charge in [-0.05, 0) is 35.4 Å². The number of nitrogens with zero attached hydrogens (tertiary/aromatic N) is 1. The number of amides is 2. The summed E-state index contributed by atoms with van der Waals surface area (Å²) in [7, 11) is 0. The van der Waals surface area contributed by atoms with Crippen LogP contribution in [0.5, 0.6) is 5.75 Å². The molecular formula is C23H21FN2O2S. The largest absolute Gasteiger partial charge is 0.489 e. The second-order valence-corrected chi connectivity index (χ2v) is 7.86. The smallest absolute Gasteiger partial charge is 0.323 e. The topological polar surface area (TPSA) is 41.6 Å². The molecule has 0 spiro atoms. The van der Waals surface area contributed by atoms with Crippen molar-refractivity contribution in [2.75, 3.05) is 17.6 Å². The number of carbonyl (C=O) groups excluding carboxylic acids is 1. The second kappa shape index (κ2) is 9.01. The summed E-state index contributed by atoms with van der Waals surface area (Å²) in [5.41, 5.74) is 2.32. The fourth-order valence-electron chi connectivity index (χ4n) is 3.17. The number of nitrogens with one attached hydrogen (secondary N) is 1. The van der Waals surface area contributed by atoms with Crippen LogP contribution in [0.2, 0.25) is 0 Å². The van der Waals surface area contributed by atoms with Gasteiger partial charge in [-0.3, -0.25) is 0 Å². The predicted molar refractivity (Wildman–Crippen MR) is 115 cm³/mol. The molecule has 1 heterocycles. The van der Waals surface area contributed by atoms with E-state index in [9.17, 15) is 9.18 Å². The second-order valence-electron chi connectivity index (χ2n) is 6.67. The van der Waals surface area contributed by atoms with Crippen molar-refractivity contribution in [3.05, 3.63) is 95.8 Å². The lowest BCUT2D eigenvalue weighted by molar-refractivity contribution is 0.214. The zero-order valence-corrected chi connectivity index (χ0v) is 16.6. The van der Waals surface area contributed by atoms with Gasteiger partial charge in [0.15, 0.2) is 0 Å². The lowest BCUT2D eigenvalue weighted by Crippen LogP contribution is -2.34. The van der Waals surface area contributed by atoms with Crippen LogP contribution in [-0.4, -0.2) is 23.2 Å².